The highest BCUT2D eigenvalue weighted by molar-refractivity contribution is 5.78. The van der Waals surface area contributed by atoms with Crippen LogP contribution in [0.3, 0.4) is 0 Å². The fourth-order valence-electron chi connectivity index (χ4n) is 3.79. The summed E-state index contributed by atoms with van der Waals surface area (Å²) in [7, 11) is 1.60. The maximum absolute atomic E-state index is 12.9. The molecule has 34 heavy (non-hydrogen) atoms. The van der Waals surface area contributed by atoms with Crippen LogP contribution < -0.4 is 10.3 Å². The zero-order valence-corrected chi connectivity index (χ0v) is 19.5. The largest absolute Gasteiger partial charge is 0.434 e. The smallest absolute Gasteiger partial charge is 0.387 e. The van der Waals surface area contributed by atoms with Crippen molar-refractivity contribution in [2.45, 2.75) is 46.5 Å². The van der Waals surface area contributed by atoms with Gasteiger partial charge in [-0.05, 0) is 45.9 Å². The Hall–Kier alpha value is -3.66. The topological polar surface area (TPSA) is 95.1 Å². The Morgan fingerprint density at radius 3 is 2.53 bits per heavy atom. The molecule has 0 atom stereocenters. The van der Waals surface area contributed by atoms with Crippen molar-refractivity contribution in [3.63, 3.8) is 0 Å². The van der Waals surface area contributed by atoms with Crippen molar-refractivity contribution in [3.05, 3.63) is 69.5 Å². The van der Waals surface area contributed by atoms with E-state index in [2.05, 4.69) is 14.7 Å². The highest BCUT2D eigenvalue weighted by Crippen LogP contribution is 2.27. The highest BCUT2D eigenvalue weighted by atomic mass is 19.3. The van der Waals surface area contributed by atoms with Crippen LogP contribution in [0.2, 0.25) is 0 Å². The second kappa shape index (κ2) is 8.60. The lowest BCUT2D eigenvalue weighted by molar-refractivity contribution is -0.0505. The number of aryl methyl sites for hydroxylation is 2. The number of benzene rings is 1. The van der Waals surface area contributed by atoms with E-state index >= 15 is 0 Å². The van der Waals surface area contributed by atoms with Gasteiger partial charge in [0.25, 0.3) is 5.56 Å². The molecule has 0 bridgehead atoms. The average molecular weight is 469 g/mol. The Bertz CT molecular complexity index is 1440. The Balaban J connectivity index is 1.83. The summed E-state index contributed by atoms with van der Waals surface area (Å²) in [5.41, 5.74) is 2.11. The molecule has 0 aliphatic heterocycles. The molecule has 0 aliphatic carbocycles. The van der Waals surface area contributed by atoms with Crippen molar-refractivity contribution >= 4 is 11.0 Å². The summed E-state index contributed by atoms with van der Waals surface area (Å²) in [6, 6.07) is 8.30. The van der Waals surface area contributed by atoms with Gasteiger partial charge in [-0.2, -0.15) is 8.78 Å². The first-order valence-electron chi connectivity index (χ1n) is 10.6. The first kappa shape index (κ1) is 23.5. The molecular formula is C24H25F2N5O3. The van der Waals surface area contributed by atoms with E-state index in [9.17, 15) is 18.7 Å². The van der Waals surface area contributed by atoms with E-state index in [0.29, 0.717) is 33.5 Å². The number of fused-ring (bicyclic) bond motifs is 1. The van der Waals surface area contributed by atoms with Crippen LogP contribution in [0.25, 0.3) is 22.3 Å². The van der Waals surface area contributed by atoms with Crippen LogP contribution in [0.15, 0.2) is 41.3 Å². The monoisotopic (exact) mass is 469 g/mol. The third kappa shape index (κ3) is 4.41. The zero-order chi connectivity index (χ0) is 24.8. The Morgan fingerprint density at radius 2 is 1.88 bits per heavy atom. The Kier molecular flexibility index (Phi) is 5.94. The molecule has 8 nitrogen and oxygen atoms in total. The van der Waals surface area contributed by atoms with Gasteiger partial charge in [-0.1, -0.05) is 17.7 Å². The van der Waals surface area contributed by atoms with Gasteiger partial charge in [-0.3, -0.25) is 14.2 Å². The second-order valence-corrected chi connectivity index (χ2v) is 8.70. The molecule has 10 heteroatoms. The van der Waals surface area contributed by atoms with Crippen molar-refractivity contribution in [1.82, 2.24) is 24.3 Å². The van der Waals surface area contributed by atoms with E-state index in [0.717, 1.165) is 5.56 Å². The number of rotatable bonds is 6. The number of aliphatic hydroxyl groups is 1. The van der Waals surface area contributed by atoms with Gasteiger partial charge in [0, 0.05) is 24.4 Å². The molecule has 0 saturated heterocycles. The maximum atomic E-state index is 12.9. The van der Waals surface area contributed by atoms with E-state index in [1.807, 2.05) is 6.92 Å². The van der Waals surface area contributed by atoms with Gasteiger partial charge in [0.15, 0.2) is 11.5 Å². The van der Waals surface area contributed by atoms with Gasteiger partial charge in [-0.25, -0.2) is 15.0 Å². The van der Waals surface area contributed by atoms with Gasteiger partial charge in [-0.15, -0.1) is 0 Å². The van der Waals surface area contributed by atoms with Crippen LogP contribution in [0.1, 0.15) is 36.5 Å². The van der Waals surface area contributed by atoms with E-state index in [4.69, 9.17) is 4.98 Å². The molecule has 178 valence electrons. The molecule has 4 aromatic rings. The second-order valence-electron chi connectivity index (χ2n) is 8.70. The van der Waals surface area contributed by atoms with Gasteiger partial charge in [0.05, 0.1) is 23.3 Å². The van der Waals surface area contributed by atoms with Gasteiger partial charge in [0.1, 0.15) is 11.4 Å². The van der Waals surface area contributed by atoms with Crippen LogP contribution in [0, 0.1) is 13.8 Å². The summed E-state index contributed by atoms with van der Waals surface area (Å²) >= 11 is 0. The van der Waals surface area contributed by atoms with Crippen LogP contribution in [-0.4, -0.2) is 36.0 Å². The molecule has 0 amide bonds. The predicted octanol–water partition coefficient (Wildman–Crippen LogP) is 3.69. The lowest BCUT2D eigenvalue weighted by Gasteiger charge is -2.17. The summed E-state index contributed by atoms with van der Waals surface area (Å²) in [6.07, 6.45) is 1.59. The molecule has 0 saturated carbocycles. The molecule has 4 rings (SSSR count). The molecule has 0 fully saturated rings. The highest BCUT2D eigenvalue weighted by Gasteiger charge is 2.22. The van der Waals surface area contributed by atoms with Crippen LogP contribution in [-0.2, 0) is 19.2 Å². The first-order valence-corrected chi connectivity index (χ1v) is 10.6. The van der Waals surface area contributed by atoms with Crippen molar-refractivity contribution in [1.29, 1.82) is 0 Å². The minimum Gasteiger partial charge on any atom is -0.434 e. The minimum atomic E-state index is -2.97. The number of halogens is 2. The number of hydrogen-bond acceptors (Lipinski definition) is 6. The fraction of sp³-hybridized carbons (Fsp3) is 0.333. The van der Waals surface area contributed by atoms with E-state index in [1.54, 1.807) is 63.0 Å². The lowest BCUT2D eigenvalue weighted by atomic mass is 10.1. The van der Waals surface area contributed by atoms with E-state index in [-0.39, 0.29) is 23.7 Å². The number of aromatic nitrogens is 5. The van der Waals surface area contributed by atoms with Crippen LogP contribution in [0.5, 0.6) is 5.75 Å². The lowest BCUT2D eigenvalue weighted by Crippen LogP contribution is -2.20. The molecule has 0 unspecified atom stereocenters. The fourth-order valence-corrected chi connectivity index (χ4v) is 3.79. The van der Waals surface area contributed by atoms with Crippen molar-refractivity contribution in [2.24, 2.45) is 7.05 Å². The van der Waals surface area contributed by atoms with Gasteiger partial charge in [0.2, 0.25) is 0 Å². The quantitative estimate of drug-likeness (QED) is 0.463. The minimum absolute atomic E-state index is 0.0394. The third-order valence-electron chi connectivity index (χ3n) is 5.56. The van der Waals surface area contributed by atoms with Crippen molar-refractivity contribution < 1.29 is 18.6 Å². The van der Waals surface area contributed by atoms with E-state index in [1.165, 1.54) is 10.7 Å². The molecule has 0 spiro atoms. The molecule has 1 N–H and O–H groups in total. The van der Waals surface area contributed by atoms with Gasteiger partial charge < -0.3 is 9.84 Å². The normalized spacial score (nSPS) is 12.0. The standard InChI is InChI=1S/C24H25F2N5O3/c1-13-6-9-19(34-23(25)26)15(10-13)12-31-20-16(21(32)30(31)5)7-8-18(29-20)17-11-27-22(24(3,4)33)28-14(17)2/h6-11,23,33H,12H2,1-5H3. The molecule has 3 aromatic heterocycles. The van der Waals surface area contributed by atoms with Crippen molar-refractivity contribution in [3.8, 4) is 17.0 Å². The average Bonchev–Trinajstić information content (AvgIpc) is 2.99. The zero-order valence-electron chi connectivity index (χ0n) is 19.5. The number of hydrogen-bond donors (Lipinski definition) is 1. The summed E-state index contributed by atoms with van der Waals surface area (Å²) < 4.78 is 33.6. The third-order valence-corrected chi connectivity index (χ3v) is 5.56. The van der Waals surface area contributed by atoms with Gasteiger partial charge >= 0.3 is 6.61 Å². The summed E-state index contributed by atoms with van der Waals surface area (Å²) in [5, 5.41) is 10.6. The SMILES string of the molecule is Cc1ccc(OC(F)F)c(Cn2c3nc(-c4cnc(C(C)(C)O)nc4C)ccc3c(=O)n2C)c1. The molecule has 0 aliphatic rings. The van der Waals surface area contributed by atoms with Crippen molar-refractivity contribution in [2.75, 3.05) is 0 Å². The van der Waals surface area contributed by atoms with E-state index < -0.39 is 12.2 Å². The number of pyridine rings is 1. The van der Waals surface area contributed by atoms with Crippen LogP contribution in [0.4, 0.5) is 8.78 Å². The molecule has 3 heterocycles. The van der Waals surface area contributed by atoms with Crippen LogP contribution >= 0.6 is 0 Å². The summed E-state index contributed by atoms with van der Waals surface area (Å²) in [5.74, 6) is 0.329. The summed E-state index contributed by atoms with van der Waals surface area (Å²) in [4.78, 5) is 26.2. The Morgan fingerprint density at radius 1 is 1.15 bits per heavy atom. The summed E-state index contributed by atoms with van der Waals surface area (Å²) in [6.45, 7) is 3.97. The Labute approximate surface area is 194 Å². The number of nitrogens with zero attached hydrogens (tertiary/aromatic N) is 5. The predicted molar refractivity (Wildman–Crippen MR) is 123 cm³/mol. The molecule has 0 radical (unpaired) electrons. The maximum Gasteiger partial charge on any atom is 0.387 e. The molecular weight excluding hydrogens is 444 g/mol. The number of alkyl halides is 2. The first-order chi connectivity index (χ1) is 16.0. The number of ether oxygens (including phenoxy) is 1. The molecule has 1 aromatic carbocycles.